The highest BCUT2D eigenvalue weighted by molar-refractivity contribution is 8.14. The van der Waals surface area contributed by atoms with E-state index in [-0.39, 0.29) is 36.7 Å². The molecule has 0 N–H and O–H groups in total. The summed E-state index contributed by atoms with van der Waals surface area (Å²) in [4.78, 5) is 67.0. The van der Waals surface area contributed by atoms with E-state index in [4.69, 9.17) is 33.2 Å². The second-order valence-corrected chi connectivity index (χ2v) is 10.3. The summed E-state index contributed by atoms with van der Waals surface area (Å²) in [5.41, 5.74) is -0.346. The Kier molecular flexibility index (Phi) is 9.73. The van der Waals surface area contributed by atoms with E-state index in [1.54, 1.807) is 31.2 Å². The number of fused-ring (bicyclic) bond motifs is 1. The summed E-state index contributed by atoms with van der Waals surface area (Å²) in [5, 5.41) is 0.218. The highest BCUT2D eigenvalue weighted by Crippen LogP contribution is 2.38. The zero-order chi connectivity index (χ0) is 30.6. The van der Waals surface area contributed by atoms with Gasteiger partial charge in [-0.15, -0.1) is 0 Å². The van der Waals surface area contributed by atoms with Gasteiger partial charge in [0, 0.05) is 34.2 Å². The first-order valence-corrected chi connectivity index (χ1v) is 13.8. The largest absolute Gasteiger partial charge is 0.463 e. The Balaban J connectivity index is 1.69. The molecule has 5 atom stereocenters. The lowest BCUT2D eigenvalue weighted by Gasteiger charge is -2.44. The number of ether oxygens (including phenoxy) is 7. The van der Waals surface area contributed by atoms with Crippen LogP contribution in [0.2, 0.25) is 0 Å². The van der Waals surface area contributed by atoms with Gasteiger partial charge in [-0.3, -0.25) is 28.9 Å². The van der Waals surface area contributed by atoms with E-state index in [1.807, 2.05) is 0 Å². The monoisotopic (exact) mass is 606 g/mol. The Morgan fingerprint density at radius 3 is 2.24 bits per heavy atom. The van der Waals surface area contributed by atoms with Crippen molar-refractivity contribution in [3.8, 4) is 11.5 Å². The molecular weight excluding hydrogens is 576 g/mol. The van der Waals surface area contributed by atoms with Crippen LogP contribution in [0.4, 0.5) is 0 Å². The number of benzene rings is 1. The maximum absolute atomic E-state index is 13.3. The standard InChI is InChI=1S/C27H30N2O12S/c1-6-29-25(34)18(9-17-7-8-19-20(10-17)37-12-36-19)28-27(29)42-26-24(40-16(5)33)23(39-15(4)32)22(38-14(3)31)21(41-26)11-35-13(2)30/h7-10,21-24,26H,6,11-12H2,1-5H3/b18-9-/t21-,22-,23+,24-,26+/m1/s1. The van der Waals surface area contributed by atoms with Crippen LogP contribution in [0, 0.1) is 0 Å². The van der Waals surface area contributed by atoms with Crippen molar-refractivity contribution in [3.63, 3.8) is 0 Å². The second kappa shape index (κ2) is 13.2. The number of rotatable bonds is 8. The van der Waals surface area contributed by atoms with E-state index in [0.717, 1.165) is 32.5 Å². The smallest absolute Gasteiger partial charge is 0.303 e. The van der Waals surface area contributed by atoms with Crippen molar-refractivity contribution in [2.24, 2.45) is 4.99 Å². The van der Waals surface area contributed by atoms with Gasteiger partial charge in [0.2, 0.25) is 6.79 Å². The van der Waals surface area contributed by atoms with E-state index < -0.39 is 53.7 Å². The normalized spacial score (nSPS) is 25.6. The van der Waals surface area contributed by atoms with Crippen LogP contribution >= 0.6 is 11.8 Å². The molecule has 0 radical (unpaired) electrons. The summed E-state index contributed by atoms with van der Waals surface area (Å²) in [7, 11) is 0. The van der Waals surface area contributed by atoms with Crippen molar-refractivity contribution >= 4 is 52.8 Å². The molecule has 0 aromatic heterocycles. The van der Waals surface area contributed by atoms with Gasteiger partial charge in [-0.05, 0) is 30.7 Å². The number of carbonyl (C=O) groups is 5. The molecule has 1 aromatic carbocycles. The number of hydrogen-bond acceptors (Lipinski definition) is 14. The lowest BCUT2D eigenvalue weighted by atomic mass is 9.99. The number of likely N-dealkylation sites (N-methyl/N-ethyl adjacent to an activating group) is 1. The Bertz CT molecular complexity index is 1330. The highest BCUT2D eigenvalue weighted by Gasteiger charge is 2.53. The topological polar surface area (TPSA) is 166 Å². The van der Waals surface area contributed by atoms with Crippen molar-refractivity contribution in [2.45, 2.75) is 64.5 Å². The SMILES string of the molecule is CCN1C(=O)/C(=C/c2ccc3c(c2)OCO3)N=C1S[C@@H]1O[C@H](COC(C)=O)[C@@H](OC(C)=O)[C@H](OC(C)=O)[C@H]1OC(C)=O. The number of thioether (sulfide) groups is 1. The number of carbonyl (C=O) groups excluding carboxylic acids is 5. The molecule has 3 aliphatic heterocycles. The average molecular weight is 607 g/mol. The van der Waals surface area contributed by atoms with Crippen LogP contribution in [0.5, 0.6) is 11.5 Å². The summed E-state index contributed by atoms with van der Waals surface area (Å²) < 4.78 is 38.4. The maximum Gasteiger partial charge on any atom is 0.303 e. The van der Waals surface area contributed by atoms with E-state index in [0.29, 0.717) is 17.1 Å². The van der Waals surface area contributed by atoms with Crippen LogP contribution in [-0.2, 0) is 47.7 Å². The van der Waals surface area contributed by atoms with Crippen molar-refractivity contribution in [2.75, 3.05) is 19.9 Å². The predicted octanol–water partition coefficient (Wildman–Crippen LogP) is 1.79. The predicted molar refractivity (Wildman–Crippen MR) is 145 cm³/mol. The van der Waals surface area contributed by atoms with Gasteiger partial charge in [0.05, 0.1) is 0 Å². The molecule has 14 nitrogen and oxygen atoms in total. The van der Waals surface area contributed by atoms with Crippen LogP contribution in [0.15, 0.2) is 28.9 Å². The Morgan fingerprint density at radius 1 is 0.952 bits per heavy atom. The molecule has 4 rings (SSSR count). The van der Waals surface area contributed by atoms with Crippen molar-refractivity contribution in [1.82, 2.24) is 4.90 Å². The first-order chi connectivity index (χ1) is 20.0. The molecule has 15 heteroatoms. The summed E-state index contributed by atoms with van der Waals surface area (Å²) >= 11 is 0.937. The molecule has 0 saturated carbocycles. The minimum Gasteiger partial charge on any atom is -0.463 e. The van der Waals surface area contributed by atoms with Crippen LogP contribution in [0.25, 0.3) is 6.08 Å². The quantitative estimate of drug-likeness (QED) is 0.239. The summed E-state index contributed by atoms with van der Waals surface area (Å²) in [6.45, 7) is 6.35. The highest BCUT2D eigenvalue weighted by atomic mass is 32.2. The number of amidine groups is 1. The molecular formula is C27H30N2O12S. The first kappa shape index (κ1) is 30.8. The maximum atomic E-state index is 13.3. The van der Waals surface area contributed by atoms with Crippen LogP contribution in [0.3, 0.4) is 0 Å². The van der Waals surface area contributed by atoms with E-state index in [2.05, 4.69) is 4.99 Å². The Labute approximate surface area is 245 Å². The lowest BCUT2D eigenvalue weighted by molar-refractivity contribution is -0.237. The minimum atomic E-state index is -1.33. The third-order valence-electron chi connectivity index (χ3n) is 6.10. The van der Waals surface area contributed by atoms with Crippen molar-refractivity contribution < 1.29 is 57.1 Å². The summed E-state index contributed by atoms with van der Waals surface area (Å²) in [5.74, 6) is -2.09. The van der Waals surface area contributed by atoms with Gasteiger partial charge < -0.3 is 33.2 Å². The molecule has 3 aliphatic rings. The second-order valence-electron chi connectivity index (χ2n) is 9.27. The lowest BCUT2D eigenvalue weighted by Crippen LogP contribution is -2.61. The zero-order valence-electron chi connectivity index (χ0n) is 23.5. The number of aliphatic imine (C=N–C) groups is 1. The molecule has 1 amide bonds. The molecule has 0 spiro atoms. The molecule has 226 valence electrons. The van der Waals surface area contributed by atoms with Gasteiger partial charge in [-0.25, -0.2) is 4.99 Å². The van der Waals surface area contributed by atoms with Gasteiger partial charge in [-0.1, -0.05) is 17.8 Å². The first-order valence-electron chi connectivity index (χ1n) is 13.0. The minimum absolute atomic E-state index is 0.104. The fourth-order valence-electron chi connectivity index (χ4n) is 4.45. The third kappa shape index (κ3) is 7.20. The van der Waals surface area contributed by atoms with Gasteiger partial charge in [0.1, 0.15) is 18.4 Å². The number of esters is 4. The van der Waals surface area contributed by atoms with Crippen molar-refractivity contribution in [3.05, 3.63) is 29.5 Å². The fraction of sp³-hybridized carbons (Fsp3) is 0.481. The molecule has 3 heterocycles. The van der Waals surface area contributed by atoms with Crippen LogP contribution in [0.1, 0.15) is 40.2 Å². The molecule has 1 fully saturated rings. The third-order valence-corrected chi connectivity index (χ3v) is 7.23. The number of hydrogen-bond donors (Lipinski definition) is 0. The molecule has 1 aromatic rings. The summed E-state index contributed by atoms with van der Waals surface area (Å²) in [6.07, 6.45) is -3.45. The van der Waals surface area contributed by atoms with Crippen LogP contribution in [-0.4, -0.2) is 89.6 Å². The average Bonchev–Trinajstić information content (AvgIpc) is 3.49. The Hall–Kier alpha value is -4.11. The van der Waals surface area contributed by atoms with Crippen LogP contribution < -0.4 is 9.47 Å². The van der Waals surface area contributed by atoms with E-state index in [1.165, 1.54) is 11.8 Å². The van der Waals surface area contributed by atoms with Gasteiger partial charge in [0.15, 0.2) is 40.4 Å². The van der Waals surface area contributed by atoms with Gasteiger partial charge in [-0.2, -0.15) is 0 Å². The molecule has 0 unspecified atom stereocenters. The Morgan fingerprint density at radius 2 is 1.60 bits per heavy atom. The van der Waals surface area contributed by atoms with E-state index in [9.17, 15) is 24.0 Å². The van der Waals surface area contributed by atoms with Gasteiger partial charge in [0.25, 0.3) is 5.91 Å². The van der Waals surface area contributed by atoms with E-state index >= 15 is 0 Å². The number of amides is 1. The van der Waals surface area contributed by atoms with Gasteiger partial charge >= 0.3 is 23.9 Å². The molecule has 0 aliphatic carbocycles. The zero-order valence-corrected chi connectivity index (χ0v) is 24.3. The fourth-order valence-corrected chi connectivity index (χ4v) is 5.69. The molecule has 42 heavy (non-hydrogen) atoms. The van der Waals surface area contributed by atoms with Crippen molar-refractivity contribution in [1.29, 1.82) is 0 Å². The molecule has 1 saturated heterocycles. The number of nitrogens with zero attached hydrogens (tertiary/aromatic N) is 2. The summed E-state index contributed by atoms with van der Waals surface area (Å²) in [6, 6.07) is 5.20. The molecule has 0 bridgehead atoms.